The van der Waals surface area contributed by atoms with Crippen molar-refractivity contribution in [3.05, 3.63) is 72.3 Å². The summed E-state index contributed by atoms with van der Waals surface area (Å²) in [6.45, 7) is 13.4. The Morgan fingerprint density at radius 1 is 0.783 bits per heavy atom. The molecule has 0 aliphatic carbocycles. The molecule has 2 aromatic heterocycles. The van der Waals surface area contributed by atoms with E-state index in [-0.39, 0.29) is 47.1 Å². The number of likely N-dealkylation sites (tertiary alicyclic amines) is 2. The maximum atomic E-state index is 14.4. The van der Waals surface area contributed by atoms with E-state index >= 15 is 0 Å². The minimum absolute atomic E-state index is 0.145. The van der Waals surface area contributed by atoms with Gasteiger partial charge in [0.05, 0.1) is 55.0 Å². The van der Waals surface area contributed by atoms with E-state index < -0.39 is 24.3 Å². The summed E-state index contributed by atoms with van der Waals surface area (Å²) in [5.74, 6) is 1.10. The maximum absolute atomic E-state index is 14.4. The van der Waals surface area contributed by atoms with Gasteiger partial charge in [-0.1, -0.05) is 64.1 Å². The summed E-state index contributed by atoms with van der Waals surface area (Å²) in [6.07, 6.45) is 3.90. The molecule has 9 rings (SSSR count). The normalized spacial score (nSPS) is 21.6. The molecule has 0 saturated carbocycles. The first-order valence-electron chi connectivity index (χ1n) is 24.6. The molecule has 3 saturated heterocycles. The number of benzene rings is 4. The minimum atomic E-state index is -0.752. The fraction of sp³-hybridized carbons (Fsp3) is 0.509. The summed E-state index contributed by atoms with van der Waals surface area (Å²) >= 11 is 0. The number of hydrogen-bond acceptors (Lipinski definition) is 10. The van der Waals surface area contributed by atoms with Crippen molar-refractivity contribution in [1.29, 1.82) is 0 Å². The van der Waals surface area contributed by atoms with Crippen molar-refractivity contribution in [1.82, 2.24) is 40.4 Å². The van der Waals surface area contributed by atoms with E-state index in [1.165, 1.54) is 14.2 Å². The van der Waals surface area contributed by atoms with E-state index in [1.807, 2.05) is 44.4 Å². The first kappa shape index (κ1) is 47.8. The summed E-state index contributed by atoms with van der Waals surface area (Å²) in [4.78, 5) is 74.7. The van der Waals surface area contributed by atoms with E-state index in [2.05, 4.69) is 81.3 Å². The Morgan fingerprint density at radius 3 is 1.87 bits per heavy atom. The number of aromatic nitrogens is 4. The highest BCUT2D eigenvalue weighted by Gasteiger charge is 2.50. The molecule has 16 nitrogen and oxygen atoms in total. The molecule has 0 radical (unpaired) electrons. The lowest BCUT2D eigenvalue weighted by Crippen LogP contribution is -2.51. The van der Waals surface area contributed by atoms with Crippen LogP contribution in [0.3, 0.4) is 0 Å². The van der Waals surface area contributed by atoms with Gasteiger partial charge in [-0.05, 0) is 109 Å². The van der Waals surface area contributed by atoms with Crippen molar-refractivity contribution in [2.75, 3.05) is 53.7 Å². The van der Waals surface area contributed by atoms with Gasteiger partial charge in [-0.3, -0.25) is 9.59 Å². The minimum Gasteiger partial charge on any atom is -0.453 e. The molecule has 6 atom stereocenters. The Labute approximate surface area is 402 Å². The zero-order chi connectivity index (χ0) is 48.6. The molecular formula is C53H66N8O8. The molecule has 69 heavy (non-hydrogen) atoms. The number of nitrogens with zero attached hydrogens (tertiary/aromatic N) is 4. The number of H-pyrrole nitrogens is 2. The SMILES string of the molecule is CCOCCC[C@@H]1C[C@@H](c2nc3c(ccc4cc(-c5ccc6c(ccc7[nH]c([C@@H]8C[C@@]9(CCCOC9)CN8C(=O)[C@@H](NC(=O)OC)C(C)C)nc76)c5)ccc43)[nH]2)N(C(=O)[C@@H](NC(=O)OC)C(C)C)C1. The third-order valence-corrected chi connectivity index (χ3v) is 14.7. The highest BCUT2D eigenvalue weighted by molar-refractivity contribution is 6.07. The quantitative estimate of drug-likeness (QED) is 0.0767. The third-order valence-electron chi connectivity index (χ3n) is 14.7. The number of alkyl carbamates (subject to hydrolysis) is 2. The van der Waals surface area contributed by atoms with Gasteiger partial charge in [0.15, 0.2) is 0 Å². The van der Waals surface area contributed by atoms with E-state index in [0.717, 1.165) is 98.5 Å². The lowest BCUT2D eigenvalue weighted by atomic mass is 9.80. The van der Waals surface area contributed by atoms with Gasteiger partial charge in [0.1, 0.15) is 23.7 Å². The molecule has 4 N–H and O–H groups in total. The van der Waals surface area contributed by atoms with Gasteiger partial charge in [-0.15, -0.1) is 0 Å². The number of methoxy groups -OCH3 is 2. The van der Waals surface area contributed by atoms with Crippen LogP contribution in [0, 0.1) is 23.2 Å². The second-order valence-electron chi connectivity index (χ2n) is 20.0. The van der Waals surface area contributed by atoms with Gasteiger partial charge in [0.2, 0.25) is 11.8 Å². The van der Waals surface area contributed by atoms with Crippen molar-refractivity contribution >= 4 is 67.6 Å². The Balaban J connectivity index is 0.994. The van der Waals surface area contributed by atoms with Crippen LogP contribution in [-0.4, -0.2) is 120 Å². The van der Waals surface area contributed by atoms with Crippen molar-refractivity contribution < 1.29 is 38.1 Å². The van der Waals surface area contributed by atoms with Gasteiger partial charge >= 0.3 is 12.2 Å². The lowest BCUT2D eigenvalue weighted by Gasteiger charge is -2.33. The molecule has 6 aromatic rings. The van der Waals surface area contributed by atoms with Crippen molar-refractivity contribution in [3.63, 3.8) is 0 Å². The van der Waals surface area contributed by atoms with Gasteiger partial charge < -0.3 is 49.3 Å². The zero-order valence-corrected chi connectivity index (χ0v) is 40.9. The van der Waals surface area contributed by atoms with E-state index in [4.69, 9.17) is 28.9 Å². The molecule has 3 aliphatic heterocycles. The monoisotopic (exact) mass is 943 g/mol. The number of hydrogen-bond donors (Lipinski definition) is 4. The molecule has 0 unspecified atom stereocenters. The summed E-state index contributed by atoms with van der Waals surface area (Å²) in [5.41, 5.74) is 5.38. The summed E-state index contributed by atoms with van der Waals surface area (Å²) in [5, 5.41) is 9.65. The lowest BCUT2D eigenvalue weighted by molar-refractivity contribution is -0.136. The molecule has 16 heteroatoms. The van der Waals surface area contributed by atoms with E-state index in [0.29, 0.717) is 45.9 Å². The second-order valence-corrected chi connectivity index (χ2v) is 20.0. The predicted molar refractivity (Wildman–Crippen MR) is 264 cm³/mol. The summed E-state index contributed by atoms with van der Waals surface area (Å²) < 4.78 is 21.4. The van der Waals surface area contributed by atoms with E-state index in [1.54, 1.807) is 0 Å². The van der Waals surface area contributed by atoms with Crippen LogP contribution in [0.4, 0.5) is 9.59 Å². The van der Waals surface area contributed by atoms with Crippen molar-refractivity contribution in [2.24, 2.45) is 23.2 Å². The van der Waals surface area contributed by atoms with Crippen LogP contribution in [0.1, 0.15) is 96.9 Å². The van der Waals surface area contributed by atoms with Crippen LogP contribution in [0.2, 0.25) is 0 Å². The van der Waals surface area contributed by atoms with Crippen LogP contribution in [0.15, 0.2) is 60.7 Å². The second kappa shape index (κ2) is 20.0. The Kier molecular flexibility index (Phi) is 13.8. The molecular weight excluding hydrogens is 877 g/mol. The van der Waals surface area contributed by atoms with Crippen LogP contribution < -0.4 is 10.6 Å². The molecule has 0 bridgehead atoms. The first-order valence-corrected chi connectivity index (χ1v) is 24.6. The number of imidazole rings is 2. The van der Waals surface area contributed by atoms with Crippen LogP contribution >= 0.6 is 0 Å². The molecule has 5 heterocycles. The smallest absolute Gasteiger partial charge is 0.407 e. The number of fused-ring (bicyclic) bond motifs is 6. The number of amides is 4. The molecule has 4 amide bonds. The molecule has 3 aliphatic rings. The van der Waals surface area contributed by atoms with Crippen LogP contribution in [0.25, 0.3) is 54.7 Å². The molecule has 366 valence electrons. The molecule has 1 spiro atoms. The first-order chi connectivity index (χ1) is 33.3. The topological polar surface area (TPSA) is 193 Å². The Hall–Kier alpha value is -6.26. The number of rotatable bonds is 14. The average molecular weight is 943 g/mol. The third kappa shape index (κ3) is 9.57. The number of carbonyl (C=O) groups excluding carboxylic acids is 4. The Morgan fingerprint density at radius 2 is 1.35 bits per heavy atom. The van der Waals surface area contributed by atoms with Gasteiger partial charge in [0, 0.05) is 49.1 Å². The van der Waals surface area contributed by atoms with Crippen LogP contribution in [0.5, 0.6) is 0 Å². The summed E-state index contributed by atoms with van der Waals surface area (Å²) in [6, 6.07) is 19.1. The van der Waals surface area contributed by atoms with Crippen LogP contribution in [-0.2, 0) is 28.5 Å². The van der Waals surface area contributed by atoms with Gasteiger partial charge in [-0.2, -0.15) is 0 Å². The Bertz CT molecular complexity index is 2870. The molecule has 3 fully saturated rings. The average Bonchev–Trinajstić information content (AvgIpc) is 4.17. The van der Waals surface area contributed by atoms with Gasteiger partial charge in [-0.25, -0.2) is 19.6 Å². The molecule has 4 aromatic carbocycles. The fourth-order valence-electron chi connectivity index (χ4n) is 11.1. The largest absolute Gasteiger partial charge is 0.453 e. The number of nitrogens with one attached hydrogen (secondary N) is 4. The number of carbonyl (C=O) groups is 4. The number of ether oxygens (including phenoxy) is 4. The van der Waals surface area contributed by atoms with Crippen molar-refractivity contribution in [3.8, 4) is 11.1 Å². The standard InChI is InChI=1S/C53H66N8O8/c1-8-68-21-9-11-32-23-41(60(27-32)49(62)43(30(2)3)58-51(64)66-6)47-54-39-18-14-35-24-33(12-16-37(35)45(39)56-47)34-13-17-38-36(25-34)15-19-40-46(38)57-48(55-40)42-26-53(20-10-22-69-29-53)28-61(42)50(63)44(31(4)5)59-52(65)67-7/h12-19,24-25,30-32,41-44H,8-11,20-23,26-29H2,1-7H3,(H,54,56)(H,55,57)(H,58,64)(H,59,65)/t32-,41+,42+,43+,44+,53+/m1/s1. The van der Waals surface area contributed by atoms with Gasteiger partial charge in [0.25, 0.3) is 0 Å². The fourth-order valence-corrected chi connectivity index (χ4v) is 11.1. The number of aromatic amines is 2. The highest BCUT2D eigenvalue weighted by atomic mass is 16.5. The van der Waals surface area contributed by atoms with E-state index in [9.17, 15) is 19.2 Å². The highest BCUT2D eigenvalue weighted by Crippen LogP contribution is 2.48. The zero-order valence-electron chi connectivity index (χ0n) is 40.9. The van der Waals surface area contributed by atoms with Crippen molar-refractivity contribution in [2.45, 2.75) is 97.3 Å². The maximum Gasteiger partial charge on any atom is 0.407 e. The predicted octanol–water partition coefficient (Wildman–Crippen LogP) is 8.95. The summed E-state index contributed by atoms with van der Waals surface area (Å²) in [7, 11) is 2.61.